The van der Waals surface area contributed by atoms with E-state index < -0.39 is 0 Å². The Balaban J connectivity index is 1.76. The lowest BCUT2D eigenvalue weighted by Crippen LogP contribution is -2.28. The van der Waals surface area contributed by atoms with Crippen molar-refractivity contribution >= 4 is 34.5 Å². The van der Waals surface area contributed by atoms with Crippen LogP contribution in [-0.2, 0) is 17.8 Å². The van der Waals surface area contributed by atoms with Crippen molar-refractivity contribution in [2.24, 2.45) is 0 Å². The molecule has 0 aliphatic rings. The first-order chi connectivity index (χ1) is 13.6. The van der Waals surface area contributed by atoms with Crippen LogP contribution in [-0.4, -0.2) is 11.8 Å². The van der Waals surface area contributed by atoms with Gasteiger partial charge < -0.3 is 10.6 Å². The number of aryl methyl sites for hydroxylation is 1. The van der Waals surface area contributed by atoms with E-state index in [1.165, 1.54) is 23.8 Å². The molecular weight excluding hydrogens is 388 g/mol. The maximum Gasteiger partial charge on any atom is 0.262 e. The van der Waals surface area contributed by atoms with Gasteiger partial charge >= 0.3 is 0 Å². The highest BCUT2D eigenvalue weighted by Gasteiger charge is 2.20. The SMILES string of the molecule is CCCc1ccc(C(NC(=O)c2ccc(CNC(C)=O)s2)c2cccs2)cc1. The fourth-order valence-corrected chi connectivity index (χ4v) is 4.60. The minimum Gasteiger partial charge on any atom is -0.351 e. The van der Waals surface area contributed by atoms with Crippen molar-refractivity contribution in [3.05, 3.63) is 79.7 Å². The molecule has 0 bridgehead atoms. The van der Waals surface area contributed by atoms with Crippen LogP contribution in [0.2, 0.25) is 0 Å². The van der Waals surface area contributed by atoms with Crippen molar-refractivity contribution in [2.75, 3.05) is 0 Å². The zero-order chi connectivity index (χ0) is 19.9. The first kappa shape index (κ1) is 20.3. The summed E-state index contributed by atoms with van der Waals surface area (Å²) in [6.07, 6.45) is 2.17. The van der Waals surface area contributed by atoms with Crippen LogP contribution >= 0.6 is 22.7 Å². The monoisotopic (exact) mass is 412 g/mol. The Morgan fingerprint density at radius 3 is 2.50 bits per heavy atom. The van der Waals surface area contributed by atoms with E-state index in [1.54, 1.807) is 11.3 Å². The van der Waals surface area contributed by atoms with E-state index in [1.807, 2.05) is 29.6 Å². The van der Waals surface area contributed by atoms with E-state index in [2.05, 4.69) is 41.8 Å². The molecular formula is C22H24N2O2S2. The van der Waals surface area contributed by atoms with Crippen molar-refractivity contribution in [3.8, 4) is 0 Å². The molecule has 0 aliphatic carbocycles. The fraction of sp³-hybridized carbons (Fsp3) is 0.273. The predicted octanol–water partition coefficient (Wildman–Crippen LogP) is 4.92. The van der Waals surface area contributed by atoms with Gasteiger partial charge in [0.25, 0.3) is 5.91 Å². The largest absolute Gasteiger partial charge is 0.351 e. The van der Waals surface area contributed by atoms with Crippen molar-refractivity contribution in [1.29, 1.82) is 0 Å². The van der Waals surface area contributed by atoms with Crippen LogP contribution < -0.4 is 10.6 Å². The summed E-state index contributed by atoms with van der Waals surface area (Å²) in [6, 6.07) is 16.1. The van der Waals surface area contributed by atoms with Gasteiger partial charge in [0.05, 0.1) is 17.5 Å². The maximum atomic E-state index is 12.9. The first-order valence-electron chi connectivity index (χ1n) is 9.33. The Labute approximate surface area is 173 Å². The molecule has 2 heterocycles. The Morgan fingerprint density at radius 1 is 1.07 bits per heavy atom. The Morgan fingerprint density at radius 2 is 1.86 bits per heavy atom. The second kappa shape index (κ2) is 9.66. The lowest BCUT2D eigenvalue weighted by Gasteiger charge is -2.18. The molecule has 0 radical (unpaired) electrons. The Kier molecular flexibility index (Phi) is 7.01. The van der Waals surface area contributed by atoms with E-state index >= 15 is 0 Å². The van der Waals surface area contributed by atoms with Gasteiger partial charge in [0.1, 0.15) is 0 Å². The van der Waals surface area contributed by atoms with Crippen LogP contribution in [0.25, 0.3) is 0 Å². The number of amides is 2. The van der Waals surface area contributed by atoms with E-state index in [0.29, 0.717) is 11.4 Å². The number of thiophene rings is 2. The average Bonchev–Trinajstić information content (AvgIpc) is 3.37. The van der Waals surface area contributed by atoms with Gasteiger partial charge in [0.15, 0.2) is 0 Å². The quantitative estimate of drug-likeness (QED) is 0.552. The summed E-state index contributed by atoms with van der Waals surface area (Å²) in [4.78, 5) is 26.6. The maximum absolute atomic E-state index is 12.9. The molecule has 3 rings (SSSR count). The normalized spacial score (nSPS) is 11.8. The van der Waals surface area contributed by atoms with Crippen LogP contribution in [0.3, 0.4) is 0 Å². The van der Waals surface area contributed by atoms with Gasteiger partial charge in [-0.1, -0.05) is 43.7 Å². The number of carbonyl (C=O) groups excluding carboxylic acids is 2. The lowest BCUT2D eigenvalue weighted by atomic mass is 10.0. The smallest absolute Gasteiger partial charge is 0.262 e. The third-order valence-corrected chi connectivity index (χ3v) is 6.37. The summed E-state index contributed by atoms with van der Waals surface area (Å²) in [5.41, 5.74) is 2.38. The third kappa shape index (κ3) is 5.30. The Hall–Kier alpha value is -2.44. The highest BCUT2D eigenvalue weighted by atomic mass is 32.1. The molecule has 0 fully saturated rings. The summed E-state index contributed by atoms with van der Waals surface area (Å²) in [5, 5.41) is 7.96. The molecule has 2 amide bonds. The summed E-state index contributed by atoms with van der Waals surface area (Å²) in [5.74, 6) is -0.182. The predicted molar refractivity (Wildman–Crippen MR) is 116 cm³/mol. The molecule has 0 spiro atoms. The molecule has 146 valence electrons. The van der Waals surface area contributed by atoms with Gasteiger partial charge in [-0.25, -0.2) is 0 Å². The zero-order valence-electron chi connectivity index (χ0n) is 16.0. The number of nitrogens with one attached hydrogen (secondary N) is 2. The molecule has 0 saturated heterocycles. The number of rotatable bonds is 8. The second-order valence-electron chi connectivity index (χ2n) is 6.59. The molecule has 0 aliphatic heterocycles. The summed E-state index contributed by atoms with van der Waals surface area (Å²) >= 11 is 3.04. The van der Waals surface area contributed by atoms with Gasteiger partial charge in [0, 0.05) is 16.7 Å². The Bertz CT molecular complexity index is 914. The highest BCUT2D eigenvalue weighted by Crippen LogP contribution is 2.28. The molecule has 1 aromatic carbocycles. The van der Waals surface area contributed by atoms with E-state index in [-0.39, 0.29) is 17.9 Å². The topological polar surface area (TPSA) is 58.2 Å². The van der Waals surface area contributed by atoms with E-state index in [4.69, 9.17) is 0 Å². The van der Waals surface area contributed by atoms with Crippen LogP contribution in [0.5, 0.6) is 0 Å². The number of hydrogen-bond acceptors (Lipinski definition) is 4. The van der Waals surface area contributed by atoms with Gasteiger partial charge in [-0.15, -0.1) is 22.7 Å². The minimum atomic E-state index is -0.177. The van der Waals surface area contributed by atoms with Crippen LogP contribution in [0, 0.1) is 0 Å². The first-order valence-corrected chi connectivity index (χ1v) is 11.0. The van der Waals surface area contributed by atoms with Crippen molar-refractivity contribution in [1.82, 2.24) is 10.6 Å². The van der Waals surface area contributed by atoms with Crippen LogP contribution in [0.15, 0.2) is 53.9 Å². The fourth-order valence-electron chi connectivity index (χ4n) is 2.95. The minimum absolute atomic E-state index is 0.0799. The van der Waals surface area contributed by atoms with Crippen molar-refractivity contribution in [2.45, 2.75) is 39.3 Å². The second-order valence-corrected chi connectivity index (χ2v) is 8.74. The average molecular weight is 413 g/mol. The van der Waals surface area contributed by atoms with E-state index in [0.717, 1.165) is 28.2 Å². The molecule has 28 heavy (non-hydrogen) atoms. The molecule has 4 nitrogen and oxygen atoms in total. The number of carbonyl (C=O) groups is 2. The summed E-state index contributed by atoms with van der Waals surface area (Å²) < 4.78 is 0. The molecule has 2 N–H and O–H groups in total. The number of benzene rings is 1. The zero-order valence-corrected chi connectivity index (χ0v) is 17.7. The lowest BCUT2D eigenvalue weighted by molar-refractivity contribution is -0.119. The molecule has 6 heteroatoms. The van der Waals surface area contributed by atoms with E-state index in [9.17, 15) is 9.59 Å². The molecule has 3 aromatic rings. The van der Waals surface area contributed by atoms with Gasteiger partial charge in [-0.2, -0.15) is 0 Å². The van der Waals surface area contributed by atoms with Crippen LogP contribution in [0.1, 0.15) is 56.9 Å². The van der Waals surface area contributed by atoms with Gasteiger partial charge in [0.2, 0.25) is 5.91 Å². The number of hydrogen-bond donors (Lipinski definition) is 2. The standard InChI is InChI=1S/C22H24N2O2S2/c1-3-5-16-7-9-17(10-8-16)21(19-6-4-13-27-19)24-22(26)20-12-11-18(28-20)14-23-15(2)25/h4,6-13,21H,3,5,14H2,1-2H3,(H,23,25)(H,24,26). The molecule has 1 atom stereocenters. The van der Waals surface area contributed by atoms with Crippen LogP contribution in [0.4, 0.5) is 0 Å². The molecule has 2 aromatic heterocycles. The highest BCUT2D eigenvalue weighted by molar-refractivity contribution is 7.14. The molecule has 0 saturated carbocycles. The van der Waals surface area contributed by atoms with Crippen molar-refractivity contribution < 1.29 is 9.59 Å². The molecule has 1 unspecified atom stereocenters. The van der Waals surface area contributed by atoms with Gasteiger partial charge in [-0.3, -0.25) is 9.59 Å². The summed E-state index contributed by atoms with van der Waals surface area (Å²) in [6.45, 7) is 4.10. The summed E-state index contributed by atoms with van der Waals surface area (Å²) in [7, 11) is 0. The third-order valence-electron chi connectivity index (χ3n) is 4.35. The van der Waals surface area contributed by atoms with Gasteiger partial charge in [-0.05, 0) is 41.1 Å². The van der Waals surface area contributed by atoms with Crippen molar-refractivity contribution in [3.63, 3.8) is 0 Å².